The number of halogens is 1. The molecule has 28 heavy (non-hydrogen) atoms. The number of amides is 1. The lowest BCUT2D eigenvalue weighted by Gasteiger charge is -2.48. The van der Waals surface area contributed by atoms with Crippen LogP contribution in [0.15, 0.2) is 24.4 Å². The second-order valence-corrected chi connectivity index (χ2v) is 9.19. The molecule has 2 saturated heterocycles. The van der Waals surface area contributed by atoms with Crippen molar-refractivity contribution < 1.29 is 9.53 Å². The molecule has 150 valence electrons. The molecule has 0 aliphatic carbocycles. The van der Waals surface area contributed by atoms with E-state index in [9.17, 15) is 4.79 Å². The number of piperidine rings is 2. The Morgan fingerprint density at radius 1 is 1.29 bits per heavy atom. The zero-order chi connectivity index (χ0) is 19.9. The highest BCUT2D eigenvalue weighted by molar-refractivity contribution is 6.30. The molecule has 4 heterocycles. The van der Waals surface area contributed by atoms with Crippen LogP contribution >= 0.6 is 11.6 Å². The summed E-state index contributed by atoms with van der Waals surface area (Å²) in [5.74, 6) is 0.768. The minimum absolute atomic E-state index is 0.184. The topological polar surface area (TPSA) is 67.3 Å². The minimum atomic E-state index is -0.475. The highest BCUT2D eigenvalue weighted by Gasteiger charge is 2.42. The van der Waals surface area contributed by atoms with E-state index in [0.29, 0.717) is 5.15 Å². The van der Waals surface area contributed by atoms with Crippen molar-refractivity contribution >= 4 is 34.4 Å². The Hall–Kier alpha value is -2.08. The molecule has 0 spiro atoms. The van der Waals surface area contributed by atoms with Gasteiger partial charge in [0.25, 0.3) is 0 Å². The summed E-state index contributed by atoms with van der Waals surface area (Å²) in [4.78, 5) is 23.6. The molecule has 2 fully saturated rings. The fourth-order valence-corrected chi connectivity index (χ4v) is 4.65. The Bertz CT molecular complexity index is 868. The van der Waals surface area contributed by atoms with Gasteiger partial charge in [-0.3, -0.25) is 4.98 Å². The summed E-state index contributed by atoms with van der Waals surface area (Å²) >= 11 is 6.20. The van der Waals surface area contributed by atoms with E-state index in [2.05, 4.69) is 15.3 Å². The van der Waals surface area contributed by atoms with Crippen molar-refractivity contribution in [3.05, 3.63) is 29.5 Å². The number of fused-ring (bicyclic) bond motifs is 3. The molecule has 2 aliphatic heterocycles. The lowest BCUT2D eigenvalue weighted by Crippen LogP contribution is -2.58. The van der Waals surface area contributed by atoms with Crippen molar-refractivity contribution in [2.75, 3.05) is 5.32 Å². The van der Waals surface area contributed by atoms with E-state index in [1.54, 1.807) is 12.3 Å². The predicted octanol–water partition coefficient (Wildman–Crippen LogP) is 5.02. The monoisotopic (exact) mass is 402 g/mol. The fourth-order valence-electron chi connectivity index (χ4n) is 4.46. The number of pyridine rings is 2. The standard InChI is InChI=1S/C21H27ClN4O2/c1-21(2,3)28-20(27)26-14-6-4-7-15(26)11-13(10-14)24-19-16-8-5-9-23-17(16)12-18(22)25-19/h5,8-9,12-15H,4,6-7,10-11H2,1-3H3,(H,24,25)/t13?,14-,15+. The molecule has 2 aromatic rings. The van der Waals surface area contributed by atoms with Crippen molar-refractivity contribution in [2.45, 2.75) is 76.6 Å². The van der Waals surface area contributed by atoms with Crippen molar-refractivity contribution in [3.63, 3.8) is 0 Å². The maximum Gasteiger partial charge on any atom is 0.410 e. The van der Waals surface area contributed by atoms with Crippen LogP contribution in [0.1, 0.15) is 52.9 Å². The third-order valence-electron chi connectivity index (χ3n) is 5.49. The van der Waals surface area contributed by atoms with E-state index in [1.807, 2.05) is 37.8 Å². The lowest BCUT2D eigenvalue weighted by molar-refractivity contribution is -0.0199. The van der Waals surface area contributed by atoms with Crippen LogP contribution in [0.3, 0.4) is 0 Å². The van der Waals surface area contributed by atoms with Crippen LogP contribution in [0.25, 0.3) is 10.9 Å². The van der Waals surface area contributed by atoms with E-state index in [1.165, 1.54) is 0 Å². The van der Waals surface area contributed by atoms with Gasteiger partial charge in [0.05, 0.1) is 5.52 Å². The van der Waals surface area contributed by atoms with E-state index < -0.39 is 5.60 Å². The predicted molar refractivity (Wildman–Crippen MR) is 111 cm³/mol. The van der Waals surface area contributed by atoms with Crippen LogP contribution in [0, 0.1) is 0 Å². The Balaban J connectivity index is 1.53. The van der Waals surface area contributed by atoms with Gasteiger partial charge in [-0.2, -0.15) is 0 Å². The van der Waals surface area contributed by atoms with E-state index in [0.717, 1.165) is 48.8 Å². The zero-order valence-corrected chi connectivity index (χ0v) is 17.4. The van der Waals surface area contributed by atoms with E-state index in [-0.39, 0.29) is 24.2 Å². The van der Waals surface area contributed by atoms with Crippen LogP contribution in [0.2, 0.25) is 5.15 Å². The van der Waals surface area contributed by atoms with E-state index in [4.69, 9.17) is 16.3 Å². The number of aromatic nitrogens is 2. The summed E-state index contributed by atoms with van der Waals surface area (Å²) in [5, 5.41) is 4.98. The number of nitrogens with one attached hydrogen (secondary N) is 1. The largest absolute Gasteiger partial charge is 0.444 e. The molecule has 2 bridgehead atoms. The molecule has 2 aromatic heterocycles. The molecule has 1 unspecified atom stereocenters. The third-order valence-corrected chi connectivity index (χ3v) is 5.68. The molecule has 4 rings (SSSR count). The second kappa shape index (κ2) is 7.39. The summed E-state index contributed by atoms with van der Waals surface area (Å²) < 4.78 is 5.67. The Morgan fingerprint density at radius 3 is 2.68 bits per heavy atom. The van der Waals surface area contributed by atoms with Crippen molar-refractivity contribution in [1.29, 1.82) is 0 Å². The van der Waals surface area contributed by atoms with Gasteiger partial charge < -0.3 is 15.0 Å². The van der Waals surface area contributed by atoms with Gasteiger partial charge in [-0.25, -0.2) is 9.78 Å². The molecular weight excluding hydrogens is 376 g/mol. The highest BCUT2D eigenvalue weighted by atomic mass is 35.5. The normalized spacial score (nSPS) is 24.9. The fraction of sp³-hybridized carbons (Fsp3) is 0.571. The molecule has 2 aliphatic rings. The SMILES string of the molecule is CC(C)(C)OC(=O)N1[C@@H]2CCC[C@H]1CC(Nc1nc(Cl)cc3ncccc13)C2. The average Bonchev–Trinajstić information content (AvgIpc) is 2.59. The van der Waals surface area contributed by atoms with Crippen LogP contribution < -0.4 is 5.32 Å². The number of anilines is 1. The number of carbonyl (C=O) groups excluding carboxylic acids is 1. The van der Waals surface area contributed by atoms with Gasteiger partial charge in [-0.05, 0) is 65.0 Å². The first-order chi connectivity index (χ1) is 13.3. The first kappa shape index (κ1) is 19.2. The van der Waals surface area contributed by atoms with Crippen molar-refractivity contribution in [3.8, 4) is 0 Å². The molecule has 0 radical (unpaired) electrons. The molecule has 1 amide bonds. The molecule has 1 N–H and O–H groups in total. The van der Waals surface area contributed by atoms with Gasteiger partial charge in [0.1, 0.15) is 16.6 Å². The first-order valence-corrected chi connectivity index (χ1v) is 10.4. The highest BCUT2D eigenvalue weighted by Crippen LogP contribution is 2.37. The number of hydrogen-bond acceptors (Lipinski definition) is 5. The molecule has 6 nitrogen and oxygen atoms in total. The van der Waals surface area contributed by atoms with Gasteiger partial charge in [-0.1, -0.05) is 11.6 Å². The number of ether oxygens (including phenoxy) is 1. The molecule has 7 heteroatoms. The molecule has 0 saturated carbocycles. The summed E-state index contributed by atoms with van der Waals surface area (Å²) in [6.45, 7) is 5.75. The second-order valence-electron chi connectivity index (χ2n) is 8.80. The average molecular weight is 403 g/mol. The lowest BCUT2D eigenvalue weighted by atomic mass is 9.82. The van der Waals surface area contributed by atoms with Crippen molar-refractivity contribution in [2.24, 2.45) is 0 Å². The summed E-state index contributed by atoms with van der Waals surface area (Å²) in [5.41, 5.74) is 0.355. The molecule has 0 aromatic carbocycles. The summed E-state index contributed by atoms with van der Waals surface area (Å²) in [6, 6.07) is 6.32. The maximum absolute atomic E-state index is 12.8. The van der Waals surface area contributed by atoms with Crippen LogP contribution in [-0.4, -0.2) is 44.7 Å². The maximum atomic E-state index is 12.8. The zero-order valence-electron chi connectivity index (χ0n) is 16.6. The van der Waals surface area contributed by atoms with E-state index >= 15 is 0 Å². The van der Waals surface area contributed by atoms with Crippen LogP contribution in [0.5, 0.6) is 0 Å². The molecular formula is C21H27ClN4O2. The Kier molecular flexibility index (Phi) is 5.08. The molecule has 3 atom stereocenters. The first-order valence-electron chi connectivity index (χ1n) is 9.99. The smallest absolute Gasteiger partial charge is 0.410 e. The van der Waals surface area contributed by atoms with Gasteiger partial charge in [0.15, 0.2) is 0 Å². The van der Waals surface area contributed by atoms with Crippen molar-refractivity contribution in [1.82, 2.24) is 14.9 Å². The quantitative estimate of drug-likeness (QED) is 0.714. The van der Waals surface area contributed by atoms with Crippen LogP contribution in [-0.2, 0) is 4.74 Å². The van der Waals surface area contributed by atoms with Crippen LogP contribution in [0.4, 0.5) is 10.6 Å². The number of nitrogens with zero attached hydrogens (tertiary/aromatic N) is 3. The van der Waals surface area contributed by atoms with Gasteiger partial charge >= 0.3 is 6.09 Å². The Morgan fingerprint density at radius 2 is 2.00 bits per heavy atom. The number of hydrogen-bond donors (Lipinski definition) is 1. The summed E-state index contributed by atoms with van der Waals surface area (Å²) in [6.07, 6.45) is 6.52. The number of rotatable bonds is 2. The minimum Gasteiger partial charge on any atom is -0.444 e. The van der Waals surface area contributed by atoms with Gasteiger partial charge in [0, 0.05) is 35.8 Å². The van der Waals surface area contributed by atoms with Gasteiger partial charge in [0.2, 0.25) is 0 Å². The van der Waals surface area contributed by atoms with Gasteiger partial charge in [-0.15, -0.1) is 0 Å². The third kappa shape index (κ3) is 4.02. The number of carbonyl (C=O) groups is 1. The summed E-state index contributed by atoms with van der Waals surface area (Å²) in [7, 11) is 0. The Labute approximate surface area is 170 Å².